The van der Waals surface area contributed by atoms with E-state index in [1.54, 1.807) is 40.7 Å². The van der Waals surface area contributed by atoms with Gasteiger partial charge < -0.3 is 0 Å². The molecule has 4 rings (SSSR count). The second-order valence-electron chi connectivity index (χ2n) is 7.00. The zero-order valence-electron chi connectivity index (χ0n) is 16.3. The average molecular weight is 407 g/mol. The SMILES string of the molecule is Cc1ccc(-n2nnnc2SCCCCN2C(=O)c3ccccc3C2=O)cc1C. The third-order valence-electron chi connectivity index (χ3n) is 5.06. The van der Waals surface area contributed by atoms with Crippen molar-refractivity contribution < 1.29 is 9.59 Å². The zero-order chi connectivity index (χ0) is 20.4. The summed E-state index contributed by atoms with van der Waals surface area (Å²) in [5, 5.41) is 12.7. The van der Waals surface area contributed by atoms with Crippen LogP contribution in [0.25, 0.3) is 5.69 Å². The molecule has 2 aromatic carbocycles. The van der Waals surface area contributed by atoms with Crippen LogP contribution in [0.5, 0.6) is 0 Å². The van der Waals surface area contributed by atoms with E-state index < -0.39 is 0 Å². The number of tetrazole rings is 1. The van der Waals surface area contributed by atoms with E-state index in [1.807, 2.05) is 6.07 Å². The van der Waals surface area contributed by atoms with Gasteiger partial charge in [0, 0.05) is 12.3 Å². The van der Waals surface area contributed by atoms with Crippen LogP contribution >= 0.6 is 11.8 Å². The van der Waals surface area contributed by atoms with Gasteiger partial charge in [-0.3, -0.25) is 14.5 Å². The lowest BCUT2D eigenvalue weighted by atomic mass is 10.1. The third kappa shape index (κ3) is 3.80. The maximum Gasteiger partial charge on any atom is 0.261 e. The fourth-order valence-electron chi connectivity index (χ4n) is 3.27. The fraction of sp³-hybridized carbons (Fsp3) is 0.286. The molecule has 0 N–H and O–H groups in total. The van der Waals surface area contributed by atoms with Crippen molar-refractivity contribution in [2.75, 3.05) is 12.3 Å². The number of unbranched alkanes of at least 4 members (excludes halogenated alkanes) is 1. The summed E-state index contributed by atoms with van der Waals surface area (Å²) in [5.41, 5.74) is 4.35. The Hall–Kier alpha value is -3.00. The molecule has 2 heterocycles. The predicted octanol–water partition coefficient (Wildman–Crippen LogP) is 3.45. The van der Waals surface area contributed by atoms with Crippen LogP contribution in [0.4, 0.5) is 0 Å². The summed E-state index contributed by atoms with van der Waals surface area (Å²) in [4.78, 5) is 26.1. The van der Waals surface area contributed by atoms with Crippen LogP contribution in [0.1, 0.15) is 44.7 Å². The van der Waals surface area contributed by atoms with Gasteiger partial charge in [0.25, 0.3) is 11.8 Å². The summed E-state index contributed by atoms with van der Waals surface area (Å²) in [7, 11) is 0. The van der Waals surface area contributed by atoms with Gasteiger partial charge in [0.15, 0.2) is 0 Å². The van der Waals surface area contributed by atoms with Crippen LogP contribution in [0.15, 0.2) is 47.6 Å². The number of aromatic nitrogens is 4. The molecule has 0 saturated heterocycles. The molecule has 2 amide bonds. The maximum atomic E-state index is 12.4. The number of aryl methyl sites for hydroxylation is 2. The number of carbonyl (C=O) groups excluding carboxylic acids is 2. The van der Waals surface area contributed by atoms with Crippen LogP contribution in [0, 0.1) is 13.8 Å². The quantitative estimate of drug-likeness (QED) is 0.339. The lowest BCUT2D eigenvalue weighted by Gasteiger charge is -2.13. The molecule has 0 saturated carbocycles. The first-order chi connectivity index (χ1) is 14.1. The van der Waals surface area contributed by atoms with Gasteiger partial charge >= 0.3 is 0 Å². The van der Waals surface area contributed by atoms with Gasteiger partial charge in [-0.2, -0.15) is 4.68 Å². The predicted molar refractivity (Wildman–Crippen MR) is 110 cm³/mol. The average Bonchev–Trinajstić information content (AvgIpc) is 3.28. The minimum absolute atomic E-state index is 0.197. The zero-order valence-corrected chi connectivity index (χ0v) is 17.1. The molecule has 8 heteroatoms. The normalized spacial score (nSPS) is 13.2. The molecule has 1 aromatic heterocycles. The van der Waals surface area contributed by atoms with E-state index in [-0.39, 0.29) is 11.8 Å². The topological polar surface area (TPSA) is 81.0 Å². The Morgan fingerprint density at radius 2 is 1.66 bits per heavy atom. The molecular weight excluding hydrogens is 386 g/mol. The van der Waals surface area contributed by atoms with Gasteiger partial charge in [0.1, 0.15) is 0 Å². The lowest BCUT2D eigenvalue weighted by Crippen LogP contribution is -2.30. The Balaban J connectivity index is 1.30. The highest BCUT2D eigenvalue weighted by atomic mass is 32.2. The van der Waals surface area contributed by atoms with Crippen LogP contribution in [0.2, 0.25) is 0 Å². The number of thioether (sulfide) groups is 1. The van der Waals surface area contributed by atoms with Crippen LogP contribution in [-0.2, 0) is 0 Å². The minimum Gasteiger partial charge on any atom is -0.274 e. The Labute approximate surface area is 173 Å². The first-order valence-electron chi connectivity index (χ1n) is 9.50. The molecule has 148 valence electrons. The number of hydrogen-bond acceptors (Lipinski definition) is 6. The van der Waals surface area contributed by atoms with Gasteiger partial charge in [-0.25, -0.2) is 0 Å². The molecular formula is C21H21N5O2S. The molecule has 0 aliphatic carbocycles. The summed E-state index contributed by atoms with van der Waals surface area (Å²) < 4.78 is 1.74. The number of amides is 2. The van der Waals surface area contributed by atoms with E-state index in [0.717, 1.165) is 29.4 Å². The van der Waals surface area contributed by atoms with Crippen molar-refractivity contribution in [1.82, 2.24) is 25.1 Å². The Bertz CT molecular complexity index is 1040. The monoisotopic (exact) mass is 407 g/mol. The molecule has 3 aromatic rings. The van der Waals surface area contributed by atoms with Crippen molar-refractivity contribution in [3.8, 4) is 5.69 Å². The summed E-state index contributed by atoms with van der Waals surface area (Å²) in [6.45, 7) is 4.56. The number of imide groups is 1. The molecule has 0 spiro atoms. The molecule has 1 aliphatic rings. The summed E-state index contributed by atoms with van der Waals surface area (Å²) in [6.07, 6.45) is 1.58. The maximum absolute atomic E-state index is 12.4. The molecule has 0 unspecified atom stereocenters. The first kappa shape index (κ1) is 19.3. The number of nitrogens with zero attached hydrogens (tertiary/aromatic N) is 5. The standard InChI is InChI=1S/C21H21N5O2S/c1-14-9-10-16(13-15(14)2)26-21(22-23-24-26)29-12-6-5-11-25-19(27)17-7-3-4-8-18(17)20(25)28/h3-4,7-10,13H,5-6,11-12H2,1-2H3. The van der Waals surface area contributed by atoms with Crippen LogP contribution in [0.3, 0.4) is 0 Å². The molecule has 1 aliphatic heterocycles. The Kier molecular flexibility index (Phi) is 5.44. The van der Waals surface area contributed by atoms with Crippen LogP contribution in [-0.4, -0.2) is 49.2 Å². The number of hydrogen-bond donors (Lipinski definition) is 0. The Morgan fingerprint density at radius 3 is 2.34 bits per heavy atom. The van der Waals surface area contributed by atoms with Crippen molar-refractivity contribution in [3.05, 3.63) is 64.7 Å². The second kappa shape index (κ2) is 8.16. The van der Waals surface area contributed by atoms with E-state index >= 15 is 0 Å². The van der Waals surface area contributed by atoms with Gasteiger partial charge in [0.2, 0.25) is 5.16 Å². The van der Waals surface area contributed by atoms with Gasteiger partial charge in [-0.05, 0) is 72.5 Å². The largest absolute Gasteiger partial charge is 0.274 e. The first-order valence-corrected chi connectivity index (χ1v) is 10.5. The number of benzene rings is 2. The van der Waals surface area contributed by atoms with Gasteiger partial charge in [-0.15, -0.1) is 5.10 Å². The number of fused-ring (bicyclic) bond motifs is 1. The smallest absolute Gasteiger partial charge is 0.261 e. The highest BCUT2D eigenvalue weighted by Gasteiger charge is 2.34. The minimum atomic E-state index is -0.197. The van der Waals surface area contributed by atoms with E-state index in [1.165, 1.54) is 16.0 Å². The van der Waals surface area contributed by atoms with E-state index in [4.69, 9.17) is 0 Å². The molecule has 0 radical (unpaired) electrons. The number of carbonyl (C=O) groups is 2. The van der Waals surface area contributed by atoms with Gasteiger partial charge in [-0.1, -0.05) is 30.0 Å². The molecule has 0 fully saturated rings. The van der Waals surface area contributed by atoms with Crippen molar-refractivity contribution in [2.24, 2.45) is 0 Å². The molecule has 0 atom stereocenters. The summed E-state index contributed by atoms with van der Waals surface area (Å²) in [5.74, 6) is 0.405. The van der Waals surface area contributed by atoms with E-state index in [9.17, 15) is 9.59 Å². The van der Waals surface area contributed by atoms with Crippen molar-refractivity contribution in [2.45, 2.75) is 31.8 Å². The van der Waals surface area contributed by atoms with Crippen molar-refractivity contribution in [3.63, 3.8) is 0 Å². The van der Waals surface area contributed by atoms with E-state index in [2.05, 4.69) is 41.5 Å². The fourth-order valence-corrected chi connectivity index (χ4v) is 4.16. The second-order valence-corrected chi connectivity index (χ2v) is 8.07. The lowest BCUT2D eigenvalue weighted by molar-refractivity contribution is 0.0652. The molecule has 7 nitrogen and oxygen atoms in total. The summed E-state index contributed by atoms with van der Waals surface area (Å²) in [6, 6.07) is 13.1. The summed E-state index contributed by atoms with van der Waals surface area (Å²) >= 11 is 1.57. The number of rotatable bonds is 7. The Morgan fingerprint density at radius 1 is 0.931 bits per heavy atom. The van der Waals surface area contributed by atoms with E-state index in [0.29, 0.717) is 17.7 Å². The van der Waals surface area contributed by atoms with Gasteiger partial charge in [0.05, 0.1) is 16.8 Å². The molecule has 29 heavy (non-hydrogen) atoms. The van der Waals surface area contributed by atoms with Crippen LogP contribution < -0.4 is 0 Å². The molecule has 0 bridgehead atoms. The van der Waals surface area contributed by atoms with Crippen molar-refractivity contribution in [1.29, 1.82) is 0 Å². The third-order valence-corrected chi connectivity index (χ3v) is 6.07. The highest BCUT2D eigenvalue weighted by Crippen LogP contribution is 2.24. The van der Waals surface area contributed by atoms with Crippen molar-refractivity contribution >= 4 is 23.6 Å². The highest BCUT2D eigenvalue weighted by molar-refractivity contribution is 7.99.